The number of rotatable bonds is 4. The Labute approximate surface area is 99.6 Å². The molecule has 1 heterocycles. The van der Waals surface area contributed by atoms with Gasteiger partial charge in [0.25, 0.3) is 0 Å². The van der Waals surface area contributed by atoms with Crippen LogP contribution < -0.4 is 10.6 Å². The van der Waals surface area contributed by atoms with E-state index in [0.29, 0.717) is 11.7 Å². The van der Waals surface area contributed by atoms with Gasteiger partial charge in [0.05, 0.1) is 16.7 Å². The largest absolute Gasteiger partial charge is 0.359 e. The number of aromatic nitrogens is 1. The molecule has 0 radical (unpaired) electrons. The highest BCUT2D eigenvalue weighted by atomic mass is 32.1. The molecular formula is C10H15N3S2. The van der Waals surface area contributed by atoms with Crippen LogP contribution in [0.4, 0.5) is 0 Å². The summed E-state index contributed by atoms with van der Waals surface area (Å²) >= 11 is 6.75. The second-order valence-corrected chi connectivity index (χ2v) is 4.63. The van der Waals surface area contributed by atoms with E-state index in [1.165, 1.54) is 0 Å². The van der Waals surface area contributed by atoms with Crippen LogP contribution in [0.15, 0.2) is 18.0 Å². The fourth-order valence-corrected chi connectivity index (χ4v) is 2.03. The van der Waals surface area contributed by atoms with Crippen molar-refractivity contribution in [3.8, 4) is 0 Å². The maximum absolute atomic E-state index is 5.11. The molecule has 0 aromatic carbocycles. The van der Waals surface area contributed by atoms with Crippen LogP contribution in [0.1, 0.15) is 23.7 Å². The van der Waals surface area contributed by atoms with Crippen molar-refractivity contribution in [1.29, 1.82) is 0 Å². The molecule has 5 heteroatoms. The van der Waals surface area contributed by atoms with E-state index in [9.17, 15) is 0 Å². The molecule has 0 aliphatic heterocycles. The van der Waals surface area contributed by atoms with Crippen molar-refractivity contribution in [2.75, 3.05) is 6.54 Å². The van der Waals surface area contributed by atoms with Crippen molar-refractivity contribution >= 4 is 28.7 Å². The van der Waals surface area contributed by atoms with Gasteiger partial charge in [-0.25, -0.2) is 4.98 Å². The summed E-state index contributed by atoms with van der Waals surface area (Å²) in [5.74, 6) is 0. The quantitative estimate of drug-likeness (QED) is 0.626. The first kappa shape index (κ1) is 12.1. The van der Waals surface area contributed by atoms with Crippen LogP contribution in [0.2, 0.25) is 0 Å². The van der Waals surface area contributed by atoms with Gasteiger partial charge >= 0.3 is 0 Å². The van der Waals surface area contributed by atoms with Crippen molar-refractivity contribution in [3.05, 3.63) is 28.7 Å². The van der Waals surface area contributed by atoms with Crippen LogP contribution in [-0.2, 0) is 0 Å². The third-order valence-electron chi connectivity index (χ3n) is 1.83. The van der Waals surface area contributed by atoms with Gasteiger partial charge in [-0.15, -0.1) is 17.9 Å². The highest BCUT2D eigenvalue weighted by Crippen LogP contribution is 2.15. The number of thiocarbonyl (C=S) groups is 1. The van der Waals surface area contributed by atoms with Crippen molar-refractivity contribution in [3.63, 3.8) is 0 Å². The lowest BCUT2D eigenvalue weighted by molar-refractivity contribution is 0.685. The number of nitrogens with one attached hydrogen (secondary N) is 2. The van der Waals surface area contributed by atoms with E-state index in [-0.39, 0.29) is 6.04 Å². The zero-order valence-corrected chi connectivity index (χ0v) is 10.5. The molecular weight excluding hydrogens is 226 g/mol. The standard InChI is InChI=1S/C10H15N3S2/c1-4-5-11-10(14)12-7(2)9-6-15-8(3)13-9/h4,6-7H,1,5H2,2-3H3,(H2,11,12,14). The molecule has 82 valence electrons. The topological polar surface area (TPSA) is 37.0 Å². The molecule has 0 bridgehead atoms. The predicted molar refractivity (Wildman–Crippen MR) is 69.2 cm³/mol. The Bertz CT molecular complexity index is 346. The van der Waals surface area contributed by atoms with E-state index in [1.54, 1.807) is 17.4 Å². The summed E-state index contributed by atoms with van der Waals surface area (Å²) in [6.45, 7) is 8.32. The summed E-state index contributed by atoms with van der Waals surface area (Å²) in [4.78, 5) is 4.39. The maximum atomic E-state index is 5.11. The monoisotopic (exact) mass is 241 g/mol. The minimum absolute atomic E-state index is 0.139. The first-order valence-corrected chi connectivity index (χ1v) is 5.99. The van der Waals surface area contributed by atoms with E-state index >= 15 is 0 Å². The average molecular weight is 241 g/mol. The molecule has 0 saturated heterocycles. The Kier molecular flexibility index (Phi) is 4.71. The van der Waals surface area contributed by atoms with Gasteiger partial charge in [0.1, 0.15) is 0 Å². The van der Waals surface area contributed by atoms with Crippen LogP contribution >= 0.6 is 23.6 Å². The molecule has 1 rings (SSSR count). The minimum atomic E-state index is 0.139. The van der Waals surface area contributed by atoms with Gasteiger partial charge in [-0.2, -0.15) is 0 Å². The Morgan fingerprint density at radius 2 is 2.53 bits per heavy atom. The van der Waals surface area contributed by atoms with E-state index in [4.69, 9.17) is 12.2 Å². The smallest absolute Gasteiger partial charge is 0.167 e. The van der Waals surface area contributed by atoms with E-state index in [0.717, 1.165) is 10.7 Å². The minimum Gasteiger partial charge on any atom is -0.359 e. The highest BCUT2D eigenvalue weighted by molar-refractivity contribution is 7.80. The van der Waals surface area contributed by atoms with Gasteiger partial charge in [0, 0.05) is 11.9 Å². The molecule has 1 atom stereocenters. The van der Waals surface area contributed by atoms with Gasteiger partial charge in [-0.1, -0.05) is 6.08 Å². The summed E-state index contributed by atoms with van der Waals surface area (Å²) < 4.78 is 0. The van der Waals surface area contributed by atoms with E-state index in [1.807, 2.05) is 19.2 Å². The van der Waals surface area contributed by atoms with Gasteiger partial charge in [-0.3, -0.25) is 0 Å². The molecule has 0 fully saturated rings. The molecule has 0 aliphatic carbocycles. The zero-order valence-electron chi connectivity index (χ0n) is 8.91. The van der Waals surface area contributed by atoms with Crippen LogP contribution in [0.3, 0.4) is 0 Å². The lowest BCUT2D eigenvalue weighted by Gasteiger charge is -2.14. The summed E-state index contributed by atoms with van der Waals surface area (Å²) in [7, 11) is 0. The zero-order chi connectivity index (χ0) is 11.3. The number of hydrogen-bond acceptors (Lipinski definition) is 3. The second-order valence-electron chi connectivity index (χ2n) is 3.16. The van der Waals surface area contributed by atoms with E-state index < -0.39 is 0 Å². The third kappa shape index (κ3) is 3.97. The van der Waals surface area contributed by atoms with Gasteiger partial charge in [0.2, 0.25) is 0 Å². The fourth-order valence-electron chi connectivity index (χ4n) is 1.07. The second kappa shape index (κ2) is 5.82. The number of thiazole rings is 1. The van der Waals surface area contributed by atoms with Crippen molar-refractivity contribution in [2.24, 2.45) is 0 Å². The van der Waals surface area contributed by atoms with Crippen molar-refractivity contribution in [1.82, 2.24) is 15.6 Å². The Morgan fingerprint density at radius 3 is 3.07 bits per heavy atom. The van der Waals surface area contributed by atoms with Crippen molar-refractivity contribution < 1.29 is 0 Å². The summed E-state index contributed by atoms with van der Waals surface area (Å²) in [5.41, 5.74) is 1.03. The summed E-state index contributed by atoms with van der Waals surface area (Å²) in [6.07, 6.45) is 1.77. The Morgan fingerprint density at radius 1 is 1.80 bits per heavy atom. The Balaban J connectivity index is 2.44. The molecule has 0 aliphatic rings. The molecule has 1 aromatic heterocycles. The number of aryl methyl sites for hydroxylation is 1. The molecule has 1 aromatic rings. The van der Waals surface area contributed by atoms with Crippen LogP contribution in [0.5, 0.6) is 0 Å². The fraction of sp³-hybridized carbons (Fsp3) is 0.400. The lowest BCUT2D eigenvalue weighted by Crippen LogP contribution is -2.36. The van der Waals surface area contributed by atoms with E-state index in [2.05, 4.69) is 22.2 Å². The average Bonchev–Trinajstić information content (AvgIpc) is 2.61. The third-order valence-corrected chi connectivity index (χ3v) is 2.89. The SMILES string of the molecule is C=CCNC(=S)NC(C)c1csc(C)n1. The van der Waals surface area contributed by atoms with Crippen LogP contribution in [0.25, 0.3) is 0 Å². The molecule has 0 spiro atoms. The van der Waals surface area contributed by atoms with Crippen LogP contribution in [0, 0.1) is 6.92 Å². The first-order chi connectivity index (χ1) is 7.13. The predicted octanol–water partition coefficient (Wildman–Crippen LogP) is 2.16. The summed E-state index contributed by atoms with van der Waals surface area (Å²) in [6, 6.07) is 0.139. The van der Waals surface area contributed by atoms with Gasteiger partial charge < -0.3 is 10.6 Å². The van der Waals surface area contributed by atoms with Gasteiger partial charge in [0.15, 0.2) is 5.11 Å². The van der Waals surface area contributed by atoms with Crippen molar-refractivity contribution in [2.45, 2.75) is 19.9 Å². The lowest BCUT2D eigenvalue weighted by atomic mass is 10.3. The number of nitrogens with zero attached hydrogens (tertiary/aromatic N) is 1. The number of hydrogen-bond donors (Lipinski definition) is 2. The highest BCUT2D eigenvalue weighted by Gasteiger charge is 2.09. The molecule has 0 amide bonds. The summed E-state index contributed by atoms with van der Waals surface area (Å²) in [5, 5.41) is 9.93. The molecule has 1 unspecified atom stereocenters. The maximum Gasteiger partial charge on any atom is 0.167 e. The molecule has 2 N–H and O–H groups in total. The molecule has 3 nitrogen and oxygen atoms in total. The van der Waals surface area contributed by atoms with Gasteiger partial charge in [-0.05, 0) is 26.1 Å². The Hall–Kier alpha value is -0.940. The van der Waals surface area contributed by atoms with Crippen LogP contribution in [-0.4, -0.2) is 16.6 Å². The molecule has 0 saturated carbocycles. The normalized spacial score (nSPS) is 11.9. The first-order valence-electron chi connectivity index (χ1n) is 4.70. The molecule has 15 heavy (non-hydrogen) atoms.